The molecule has 22 heavy (non-hydrogen) atoms. The number of carbonyl (C=O) groups is 2. The lowest BCUT2D eigenvalue weighted by molar-refractivity contribution is -0.129. The number of hydrogen-bond donors (Lipinski definition) is 1. The quantitative estimate of drug-likeness (QED) is 0.849. The second-order valence-electron chi connectivity index (χ2n) is 5.39. The number of esters is 1. The summed E-state index contributed by atoms with van der Waals surface area (Å²) >= 11 is 0. The van der Waals surface area contributed by atoms with E-state index in [9.17, 15) is 14.0 Å². The maximum absolute atomic E-state index is 13.6. The molecule has 1 aliphatic rings. The van der Waals surface area contributed by atoms with E-state index in [1.807, 2.05) is 0 Å². The normalized spacial score (nSPS) is 16.1. The zero-order valence-corrected chi connectivity index (χ0v) is 12.7. The van der Waals surface area contributed by atoms with E-state index in [0.29, 0.717) is 0 Å². The summed E-state index contributed by atoms with van der Waals surface area (Å²) in [5.74, 6) is -1.67. The second kappa shape index (κ2) is 7.24. The molecular weight excluding hydrogens is 289 g/mol. The summed E-state index contributed by atoms with van der Waals surface area (Å²) in [6.45, 7) is 1.50. The first-order valence-electron chi connectivity index (χ1n) is 7.36. The van der Waals surface area contributed by atoms with Crippen LogP contribution in [0.1, 0.15) is 43.0 Å². The summed E-state index contributed by atoms with van der Waals surface area (Å²) in [6, 6.07) is 3.93. The molecule has 1 fully saturated rings. The molecule has 6 heteroatoms. The first-order chi connectivity index (χ1) is 10.5. The maximum atomic E-state index is 13.6. The highest BCUT2D eigenvalue weighted by Crippen LogP contribution is 2.19. The molecule has 1 atom stereocenters. The lowest BCUT2D eigenvalue weighted by atomic mass is 10.2. The van der Waals surface area contributed by atoms with Gasteiger partial charge in [-0.2, -0.15) is 0 Å². The van der Waals surface area contributed by atoms with E-state index in [4.69, 9.17) is 9.47 Å². The fourth-order valence-electron chi connectivity index (χ4n) is 2.46. The number of ether oxygens (including phenoxy) is 2. The molecule has 0 saturated heterocycles. The van der Waals surface area contributed by atoms with E-state index >= 15 is 0 Å². The highest BCUT2D eigenvalue weighted by Gasteiger charge is 2.23. The van der Waals surface area contributed by atoms with Crippen molar-refractivity contribution in [3.05, 3.63) is 29.6 Å². The van der Waals surface area contributed by atoms with Crippen molar-refractivity contribution in [2.75, 3.05) is 7.11 Å². The zero-order chi connectivity index (χ0) is 16.1. The second-order valence-corrected chi connectivity index (χ2v) is 5.39. The molecule has 5 nitrogen and oxygen atoms in total. The number of rotatable bonds is 5. The van der Waals surface area contributed by atoms with E-state index < -0.39 is 17.9 Å². The molecule has 2 rings (SSSR count). The molecule has 0 heterocycles. The molecule has 1 aliphatic carbocycles. The number of halogens is 1. The van der Waals surface area contributed by atoms with Crippen LogP contribution in [0.2, 0.25) is 0 Å². The number of benzene rings is 1. The van der Waals surface area contributed by atoms with Gasteiger partial charge < -0.3 is 14.8 Å². The molecule has 1 saturated carbocycles. The number of nitrogens with one attached hydrogen (secondary N) is 1. The summed E-state index contributed by atoms with van der Waals surface area (Å²) in [5, 5.41) is 2.85. The summed E-state index contributed by atoms with van der Waals surface area (Å²) in [7, 11) is 1.34. The highest BCUT2D eigenvalue weighted by atomic mass is 19.1. The lowest BCUT2D eigenvalue weighted by Gasteiger charge is -2.17. The Morgan fingerprint density at radius 3 is 2.59 bits per heavy atom. The van der Waals surface area contributed by atoms with Crippen molar-refractivity contribution in [1.29, 1.82) is 0 Å². The molecule has 120 valence electrons. The standard InChI is InChI=1S/C16H20FNO4/c1-10(15(19)18-12-5-3-4-6-12)22-16(20)11-7-8-14(21-2)13(17)9-11/h7-10,12H,3-6H2,1-2H3,(H,18,19)/t10-/m0/s1. The number of hydrogen-bond acceptors (Lipinski definition) is 4. The maximum Gasteiger partial charge on any atom is 0.339 e. The Kier molecular flexibility index (Phi) is 5.35. The molecule has 0 unspecified atom stereocenters. The predicted octanol–water partition coefficient (Wildman–Crippen LogP) is 2.44. The number of methoxy groups -OCH3 is 1. The molecular formula is C16H20FNO4. The molecule has 1 N–H and O–H groups in total. The van der Waals surface area contributed by atoms with Gasteiger partial charge >= 0.3 is 5.97 Å². The summed E-state index contributed by atoms with van der Waals surface area (Å²) in [4.78, 5) is 23.9. The van der Waals surface area contributed by atoms with Crippen LogP contribution in [0, 0.1) is 5.82 Å². The molecule has 0 radical (unpaired) electrons. The van der Waals surface area contributed by atoms with Crippen molar-refractivity contribution in [2.24, 2.45) is 0 Å². The topological polar surface area (TPSA) is 64.6 Å². The van der Waals surface area contributed by atoms with Crippen LogP contribution < -0.4 is 10.1 Å². The first-order valence-corrected chi connectivity index (χ1v) is 7.36. The summed E-state index contributed by atoms with van der Waals surface area (Å²) in [6.07, 6.45) is 3.19. The molecule has 1 aromatic rings. The minimum Gasteiger partial charge on any atom is -0.494 e. The van der Waals surface area contributed by atoms with Gasteiger partial charge in [0.05, 0.1) is 12.7 Å². The van der Waals surface area contributed by atoms with Crippen LogP contribution in [-0.4, -0.2) is 31.1 Å². The molecule has 0 aliphatic heterocycles. The highest BCUT2D eigenvalue weighted by molar-refractivity contribution is 5.92. The molecule has 1 amide bonds. The van der Waals surface area contributed by atoms with Gasteiger partial charge in [0.25, 0.3) is 5.91 Å². The third-order valence-corrected chi connectivity index (χ3v) is 3.74. The Morgan fingerprint density at radius 1 is 1.32 bits per heavy atom. The van der Waals surface area contributed by atoms with Gasteiger partial charge in [-0.25, -0.2) is 9.18 Å². The minimum atomic E-state index is -0.918. The van der Waals surface area contributed by atoms with Crippen molar-refractivity contribution < 1.29 is 23.5 Å². The lowest BCUT2D eigenvalue weighted by Crippen LogP contribution is -2.40. The Balaban J connectivity index is 1.92. The van der Waals surface area contributed by atoms with Gasteiger partial charge in [-0.05, 0) is 38.0 Å². The third kappa shape index (κ3) is 3.96. The van der Waals surface area contributed by atoms with Gasteiger partial charge in [0.2, 0.25) is 0 Å². The van der Waals surface area contributed by atoms with Crippen LogP contribution in [0.15, 0.2) is 18.2 Å². The largest absolute Gasteiger partial charge is 0.494 e. The van der Waals surface area contributed by atoms with Crippen molar-refractivity contribution in [3.8, 4) is 5.75 Å². The first kappa shape index (κ1) is 16.3. The van der Waals surface area contributed by atoms with E-state index in [0.717, 1.165) is 31.7 Å². The van der Waals surface area contributed by atoms with Crippen LogP contribution in [0.5, 0.6) is 5.75 Å². The third-order valence-electron chi connectivity index (χ3n) is 3.74. The summed E-state index contributed by atoms with van der Waals surface area (Å²) in [5.41, 5.74) is 0.0406. The molecule has 0 spiro atoms. The predicted molar refractivity (Wildman–Crippen MR) is 78.2 cm³/mol. The molecule has 1 aromatic carbocycles. The van der Waals surface area contributed by atoms with Crippen molar-refractivity contribution in [1.82, 2.24) is 5.32 Å². The van der Waals surface area contributed by atoms with Gasteiger partial charge in [0, 0.05) is 6.04 Å². The summed E-state index contributed by atoms with van der Waals surface area (Å²) < 4.78 is 23.4. The van der Waals surface area contributed by atoms with Crippen molar-refractivity contribution in [3.63, 3.8) is 0 Å². The van der Waals surface area contributed by atoms with Crippen LogP contribution >= 0.6 is 0 Å². The van der Waals surface area contributed by atoms with Gasteiger partial charge in [-0.1, -0.05) is 12.8 Å². The van der Waals surface area contributed by atoms with E-state index in [-0.39, 0.29) is 23.3 Å². The molecule has 0 aromatic heterocycles. The number of carbonyl (C=O) groups excluding carboxylic acids is 2. The van der Waals surface area contributed by atoms with Gasteiger partial charge in [-0.15, -0.1) is 0 Å². The zero-order valence-electron chi connectivity index (χ0n) is 12.7. The Hall–Kier alpha value is -2.11. The Morgan fingerprint density at radius 2 is 2.00 bits per heavy atom. The van der Waals surface area contributed by atoms with Crippen LogP contribution in [-0.2, 0) is 9.53 Å². The van der Waals surface area contributed by atoms with Gasteiger partial charge in [-0.3, -0.25) is 4.79 Å². The fraction of sp³-hybridized carbons (Fsp3) is 0.500. The van der Waals surface area contributed by atoms with E-state index in [1.165, 1.54) is 26.2 Å². The smallest absolute Gasteiger partial charge is 0.339 e. The van der Waals surface area contributed by atoms with Gasteiger partial charge in [0.1, 0.15) is 0 Å². The van der Waals surface area contributed by atoms with Crippen molar-refractivity contribution in [2.45, 2.75) is 44.8 Å². The Bertz CT molecular complexity index is 555. The fourth-order valence-corrected chi connectivity index (χ4v) is 2.46. The minimum absolute atomic E-state index is 0.0406. The average molecular weight is 309 g/mol. The SMILES string of the molecule is COc1ccc(C(=O)O[C@@H](C)C(=O)NC2CCCC2)cc1F. The van der Waals surface area contributed by atoms with E-state index in [2.05, 4.69) is 5.32 Å². The van der Waals surface area contributed by atoms with Crippen LogP contribution in [0.3, 0.4) is 0 Å². The number of amides is 1. The van der Waals surface area contributed by atoms with Crippen LogP contribution in [0.4, 0.5) is 4.39 Å². The monoisotopic (exact) mass is 309 g/mol. The average Bonchev–Trinajstić information content (AvgIpc) is 2.99. The molecule has 0 bridgehead atoms. The van der Waals surface area contributed by atoms with Crippen molar-refractivity contribution >= 4 is 11.9 Å². The Labute approximate surface area is 128 Å². The van der Waals surface area contributed by atoms with Gasteiger partial charge in [0.15, 0.2) is 17.7 Å². The van der Waals surface area contributed by atoms with E-state index in [1.54, 1.807) is 0 Å². The van der Waals surface area contributed by atoms with Crippen LogP contribution in [0.25, 0.3) is 0 Å².